The van der Waals surface area contributed by atoms with Crippen LogP contribution in [0.15, 0.2) is 60.7 Å². The Morgan fingerprint density at radius 2 is 1.59 bits per heavy atom. The third-order valence-corrected chi connectivity index (χ3v) is 6.45. The van der Waals surface area contributed by atoms with Crippen molar-refractivity contribution in [1.82, 2.24) is 16.0 Å². The average molecular weight is 504 g/mol. The van der Waals surface area contributed by atoms with Crippen molar-refractivity contribution >= 4 is 35.5 Å². The molecule has 0 spiro atoms. The molecule has 3 rings (SSSR count). The summed E-state index contributed by atoms with van der Waals surface area (Å²) in [6.07, 6.45) is 2.99. The molecule has 1 fully saturated rings. The number of benzene rings is 2. The monoisotopic (exact) mass is 503 g/mol. The fourth-order valence-corrected chi connectivity index (χ4v) is 4.25. The van der Waals surface area contributed by atoms with Gasteiger partial charge < -0.3 is 10.6 Å². The van der Waals surface area contributed by atoms with Gasteiger partial charge >= 0.3 is 0 Å². The maximum absolute atomic E-state index is 13.2. The van der Waals surface area contributed by atoms with Crippen molar-refractivity contribution in [3.63, 3.8) is 0 Å². The Morgan fingerprint density at radius 1 is 0.946 bits per heavy atom. The number of Topliss-reactive ketones (excluding diaryl/α,β-unsaturated/α-hetero) is 1. The molecule has 1 aliphatic heterocycles. The Kier molecular flexibility index (Phi) is 9.11. The zero-order valence-electron chi connectivity index (χ0n) is 21.5. The van der Waals surface area contributed by atoms with Crippen LogP contribution in [0.25, 0.3) is 6.08 Å². The Hall–Kier alpha value is -4.07. The summed E-state index contributed by atoms with van der Waals surface area (Å²) in [7, 11) is 0. The molecule has 1 aliphatic rings. The van der Waals surface area contributed by atoms with E-state index in [-0.39, 0.29) is 18.2 Å². The van der Waals surface area contributed by atoms with Gasteiger partial charge in [0.1, 0.15) is 5.92 Å². The van der Waals surface area contributed by atoms with Gasteiger partial charge in [-0.05, 0) is 30.0 Å². The quantitative estimate of drug-likeness (QED) is 0.262. The first kappa shape index (κ1) is 27.5. The fraction of sp³-hybridized carbons (Fsp3) is 0.345. The van der Waals surface area contributed by atoms with Gasteiger partial charge in [0, 0.05) is 6.08 Å². The molecule has 0 bridgehead atoms. The number of carbonyl (C=O) groups excluding carboxylic acids is 5. The molecule has 4 atom stereocenters. The molecule has 1 heterocycles. The van der Waals surface area contributed by atoms with Gasteiger partial charge in [-0.15, -0.1) is 0 Å². The molecule has 37 heavy (non-hydrogen) atoms. The van der Waals surface area contributed by atoms with Gasteiger partial charge in [0.05, 0.1) is 24.4 Å². The van der Waals surface area contributed by atoms with Crippen LogP contribution < -0.4 is 16.0 Å². The number of rotatable bonds is 10. The number of hydrogen-bond acceptors (Lipinski definition) is 5. The van der Waals surface area contributed by atoms with Crippen molar-refractivity contribution in [2.45, 2.75) is 46.2 Å². The SMILES string of the molecule is Cc1ccc(C=CC(=O)N[C@@H](CC(=O)N[C@H](C(=O)[C@@H]2C(=O)NC(=O)[C@H]2C)C(C)C)c2ccccc2)cc1. The summed E-state index contributed by atoms with van der Waals surface area (Å²) in [5, 5.41) is 7.79. The molecule has 0 aliphatic carbocycles. The van der Waals surface area contributed by atoms with Crippen LogP contribution in [-0.2, 0) is 24.0 Å². The van der Waals surface area contributed by atoms with Crippen LogP contribution in [0.2, 0.25) is 0 Å². The highest BCUT2D eigenvalue weighted by atomic mass is 16.2. The number of imide groups is 1. The number of hydrogen-bond donors (Lipinski definition) is 3. The normalized spacial score (nSPS) is 18.9. The van der Waals surface area contributed by atoms with E-state index in [2.05, 4.69) is 16.0 Å². The lowest BCUT2D eigenvalue weighted by molar-refractivity contribution is -0.137. The zero-order chi connectivity index (χ0) is 27.1. The van der Waals surface area contributed by atoms with Crippen LogP contribution in [-0.4, -0.2) is 35.5 Å². The van der Waals surface area contributed by atoms with Gasteiger partial charge in [-0.1, -0.05) is 80.9 Å². The standard InChI is InChI=1S/C29H33N3O5/c1-17(2)26(27(35)25-19(4)28(36)32-29(25)37)31-24(34)16-22(21-8-6-5-7-9-21)30-23(33)15-14-20-12-10-18(3)11-13-20/h5-15,17,19,22,25-26H,16H2,1-4H3,(H,30,33)(H,31,34)(H,32,36,37)/t19-,22-,25+,26-/m0/s1. The molecule has 1 saturated heterocycles. The lowest BCUT2D eigenvalue weighted by Crippen LogP contribution is -2.49. The molecule has 0 aromatic heterocycles. The number of carbonyl (C=O) groups is 5. The molecule has 4 amide bonds. The molecule has 2 aromatic carbocycles. The Bertz CT molecular complexity index is 1190. The van der Waals surface area contributed by atoms with Crippen molar-refractivity contribution in [1.29, 1.82) is 0 Å². The molecule has 0 unspecified atom stereocenters. The largest absolute Gasteiger partial charge is 0.346 e. The zero-order valence-corrected chi connectivity index (χ0v) is 21.5. The van der Waals surface area contributed by atoms with Gasteiger partial charge in [-0.25, -0.2) is 0 Å². The first-order valence-electron chi connectivity index (χ1n) is 12.3. The summed E-state index contributed by atoms with van der Waals surface area (Å²) in [5.74, 6) is -4.71. The molecule has 8 nitrogen and oxygen atoms in total. The molecule has 3 N–H and O–H groups in total. The summed E-state index contributed by atoms with van der Waals surface area (Å²) in [6.45, 7) is 7.02. The van der Waals surface area contributed by atoms with E-state index < -0.39 is 47.4 Å². The van der Waals surface area contributed by atoms with Crippen LogP contribution in [0.5, 0.6) is 0 Å². The highest BCUT2D eigenvalue weighted by molar-refractivity contribution is 6.16. The smallest absolute Gasteiger partial charge is 0.244 e. The summed E-state index contributed by atoms with van der Waals surface area (Å²) in [5.41, 5.74) is 2.72. The number of nitrogens with one attached hydrogen (secondary N) is 3. The van der Waals surface area contributed by atoms with Gasteiger partial charge in [-0.2, -0.15) is 0 Å². The average Bonchev–Trinajstić information content (AvgIpc) is 3.12. The van der Waals surface area contributed by atoms with E-state index in [9.17, 15) is 24.0 Å². The predicted octanol–water partition coefficient (Wildman–Crippen LogP) is 2.87. The van der Waals surface area contributed by atoms with Crippen molar-refractivity contribution in [2.75, 3.05) is 0 Å². The minimum absolute atomic E-state index is 0.115. The van der Waals surface area contributed by atoms with E-state index in [4.69, 9.17) is 0 Å². The van der Waals surface area contributed by atoms with Crippen molar-refractivity contribution in [3.05, 3.63) is 77.4 Å². The summed E-state index contributed by atoms with van der Waals surface area (Å²) < 4.78 is 0. The van der Waals surface area contributed by atoms with E-state index in [1.54, 1.807) is 19.9 Å². The number of amides is 4. The Morgan fingerprint density at radius 3 is 2.16 bits per heavy atom. The van der Waals surface area contributed by atoms with E-state index in [0.717, 1.165) is 16.7 Å². The third-order valence-electron chi connectivity index (χ3n) is 6.45. The van der Waals surface area contributed by atoms with Crippen LogP contribution in [0, 0.1) is 24.7 Å². The summed E-state index contributed by atoms with van der Waals surface area (Å²) in [6, 6.07) is 15.2. The highest BCUT2D eigenvalue weighted by Gasteiger charge is 2.46. The lowest BCUT2D eigenvalue weighted by Gasteiger charge is -2.25. The lowest BCUT2D eigenvalue weighted by atomic mass is 9.85. The van der Waals surface area contributed by atoms with Crippen LogP contribution in [0.4, 0.5) is 0 Å². The van der Waals surface area contributed by atoms with Crippen molar-refractivity contribution < 1.29 is 24.0 Å². The molecule has 0 radical (unpaired) electrons. The fourth-order valence-electron chi connectivity index (χ4n) is 4.25. The maximum atomic E-state index is 13.2. The second kappa shape index (κ2) is 12.3. The van der Waals surface area contributed by atoms with Crippen LogP contribution in [0.3, 0.4) is 0 Å². The van der Waals surface area contributed by atoms with Gasteiger partial charge in [0.25, 0.3) is 0 Å². The molecular formula is C29H33N3O5. The van der Waals surface area contributed by atoms with Gasteiger partial charge in [0.15, 0.2) is 5.78 Å². The van der Waals surface area contributed by atoms with E-state index in [1.807, 2.05) is 61.5 Å². The first-order chi connectivity index (χ1) is 17.6. The molecular weight excluding hydrogens is 470 g/mol. The molecule has 2 aromatic rings. The second-order valence-electron chi connectivity index (χ2n) is 9.73. The number of aryl methyl sites for hydroxylation is 1. The topological polar surface area (TPSA) is 121 Å². The predicted molar refractivity (Wildman–Crippen MR) is 140 cm³/mol. The van der Waals surface area contributed by atoms with Crippen LogP contribution in [0.1, 0.15) is 49.9 Å². The van der Waals surface area contributed by atoms with E-state index >= 15 is 0 Å². The summed E-state index contributed by atoms with van der Waals surface area (Å²) in [4.78, 5) is 63.0. The van der Waals surface area contributed by atoms with Crippen molar-refractivity contribution in [3.8, 4) is 0 Å². The van der Waals surface area contributed by atoms with E-state index in [1.165, 1.54) is 13.0 Å². The highest BCUT2D eigenvalue weighted by Crippen LogP contribution is 2.24. The minimum atomic E-state index is -1.14. The summed E-state index contributed by atoms with van der Waals surface area (Å²) >= 11 is 0. The molecule has 0 saturated carbocycles. The number of ketones is 1. The van der Waals surface area contributed by atoms with Gasteiger partial charge in [-0.3, -0.25) is 29.3 Å². The molecule has 8 heteroatoms. The molecule has 194 valence electrons. The maximum Gasteiger partial charge on any atom is 0.244 e. The van der Waals surface area contributed by atoms with Crippen molar-refractivity contribution in [2.24, 2.45) is 17.8 Å². The Labute approximate surface area is 216 Å². The third kappa shape index (κ3) is 7.22. The first-order valence-corrected chi connectivity index (χ1v) is 12.3. The minimum Gasteiger partial charge on any atom is -0.346 e. The second-order valence-corrected chi connectivity index (χ2v) is 9.73. The van der Waals surface area contributed by atoms with E-state index in [0.29, 0.717) is 0 Å². The Balaban J connectivity index is 1.72. The van der Waals surface area contributed by atoms with Crippen LogP contribution >= 0.6 is 0 Å². The van der Waals surface area contributed by atoms with Gasteiger partial charge in [0.2, 0.25) is 23.6 Å².